The number of aliphatic hydroxyl groups is 1. The maximum absolute atomic E-state index is 13.4. The number of aliphatic carboxylic acids is 3. The van der Waals surface area contributed by atoms with E-state index in [4.69, 9.17) is 36.3 Å². The number of halogens is 3. The summed E-state index contributed by atoms with van der Waals surface area (Å²) in [6.07, 6.45) is -5.06. The van der Waals surface area contributed by atoms with E-state index in [9.17, 15) is 27.6 Å². The van der Waals surface area contributed by atoms with Crippen LogP contribution < -0.4 is 16.4 Å². The Balaban J connectivity index is 0.000000263. The van der Waals surface area contributed by atoms with Gasteiger partial charge in [0.1, 0.15) is 11.1 Å². The van der Waals surface area contributed by atoms with Crippen LogP contribution in [0.2, 0.25) is 0 Å². The number of hydrogen-bond acceptors (Lipinski definition) is 10. The number of nitrogen functional groups attached to an aromatic ring is 1. The van der Waals surface area contributed by atoms with E-state index in [0.29, 0.717) is 18.9 Å². The summed E-state index contributed by atoms with van der Waals surface area (Å²) in [7, 11) is 0. The second-order valence-electron chi connectivity index (χ2n) is 8.69. The van der Waals surface area contributed by atoms with Crippen LogP contribution in [0.5, 0.6) is 0 Å². The maximum atomic E-state index is 13.4. The molecule has 1 aliphatic heterocycles. The van der Waals surface area contributed by atoms with Crippen molar-refractivity contribution in [1.29, 1.82) is 0 Å². The van der Waals surface area contributed by atoms with Gasteiger partial charge >= 0.3 is 24.1 Å². The number of piperidine rings is 1. The first-order valence-corrected chi connectivity index (χ1v) is 11.1. The molecular weight excluding hydrogens is 519 g/mol. The zero-order chi connectivity index (χ0) is 28.4. The fourth-order valence-electron chi connectivity index (χ4n) is 4.06. The molecule has 1 aliphatic rings. The van der Waals surface area contributed by atoms with E-state index >= 15 is 0 Å². The van der Waals surface area contributed by atoms with Crippen LogP contribution in [0.4, 0.5) is 24.9 Å². The highest BCUT2D eigenvalue weighted by molar-refractivity contribution is 6.08. The first kappa shape index (κ1) is 28.4. The fraction of sp³-hybridized carbons (Fsp3) is 0.409. The summed E-state index contributed by atoms with van der Waals surface area (Å²) in [4.78, 5) is 40.6. The quantitative estimate of drug-likeness (QED) is 0.260. The van der Waals surface area contributed by atoms with Crippen molar-refractivity contribution in [2.45, 2.75) is 43.5 Å². The first-order valence-electron chi connectivity index (χ1n) is 11.1. The predicted octanol–water partition coefficient (Wildman–Crippen LogP) is 1.66. The van der Waals surface area contributed by atoms with Gasteiger partial charge in [0.2, 0.25) is 5.95 Å². The summed E-state index contributed by atoms with van der Waals surface area (Å²) in [6, 6.07) is 3.76. The molecule has 0 bridgehead atoms. The molecule has 38 heavy (non-hydrogen) atoms. The molecular formula is C22H24F3N5O8. The number of hydrogen-bond donors (Lipinski definition) is 6. The zero-order valence-electron chi connectivity index (χ0n) is 19.6. The Bertz CT molecular complexity index is 1360. The van der Waals surface area contributed by atoms with Crippen molar-refractivity contribution in [2.24, 2.45) is 5.73 Å². The van der Waals surface area contributed by atoms with Gasteiger partial charge in [-0.05, 0) is 25.0 Å². The van der Waals surface area contributed by atoms with Crippen molar-refractivity contribution >= 4 is 51.7 Å². The first-order chi connectivity index (χ1) is 17.6. The van der Waals surface area contributed by atoms with Gasteiger partial charge in [-0.15, -0.1) is 0 Å². The Morgan fingerprint density at radius 2 is 1.74 bits per heavy atom. The average molecular weight is 543 g/mol. The number of alkyl halides is 3. The predicted molar refractivity (Wildman–Crippen MR) is 125 cm³/mol. The molecule has 0 spiro atoms. The molecule has 2 aromatic heterocycles. The van der Waals surface area contributed by atoms with Crippen LogP contribution in [0, 0.1) is 0 Å². The molecule has 3 heterocycles. The van der Waals surface area contributed by atoms with Gasteiger partial charge in [0, 0.05) is 19.1 Å². The molecule has 16 heteroatoms. The lowest BCUT2D eigenvalue weighted by Gasteiger charge is -2.31. The number of anilines is 2. The molecule has 4 rings (SSSR count). The molecule has 13 nitrogen and oxygen atoms in total. The van der Waals surface area contributed by atoms with Crippen LogP contribution in [0.15, 0.2) is 22.6 Å². The Labute approximate surface area is 211 Å². The normalized spacial score (nSPS) is 16.2. The number of carboxylic acids is 3. The van der Waals surface area contributed by atoms with Gasteiger partial charge < -0.3 is 41.2 Å². The third-order valence-electron chi connectivity index (χ3n) is 5.69. The van der Waals surface area contributed by atoms with Crippen molar-refractivity contribution in [3.63, 3.8) is 0 Å². The molecule has 0 aliphatic carbocycles. The van der Waals surface area contributed by atoms with Crippen molar-refractivity contribution in [2.75, 3.05) is 23.7 Å². The van der Waals surface area contributed by atoms with E-state index in [1.165, 1.54) is 12.1 Å². The summed E-state index contributed by atoms with van der Waals surface area (Å²) >= 11 is 0. The number of benzene rings is 1. The second kappa shape index (κ2) is 10.7. The zero-order valence-corrected chi connectivity index (χ0v) is 19.6. The van der Waals surface area contributed by atoms with Crippen molar-refractivity contribution in [3.8, 4) is 0 Å². The lowest BCUT2D eigenvalue weighted by Crippen LogP contribution is -2.43. The number of carboxylic acid groups (broad SMARTS) is 3. The van der Waals surface area contributed by atoms with E-state index in [2.05, 4.69) is 9.97 Å². The Morgan fingerprint density at radius 1 is 1.11 bits per heavy atom. The van der Waals surface area contributed by atoms with Crippen molar-refractivity contribution < 1.29 is 52.4 Å². The van der Waals surface area contributed by atoms with Gasteiger partial charge in [-0.2, -0.15) is 18.2 Å². The molecule has 0 unspecified atom stereocenters. The standard InChI is InChI=1S/C16H16F3N5O.C6H8O7/c17-16(18,19)9-4-1-5-10-11(9)12-13(25-10)14(23-15(21)22-12)24-6-2-3-8(20)7-24;7-3(8)1-6(13,5(11)12)2-4(9)10/h1,4-5,8H,2-3,6-7,20H2,(H2,21,22,23);13H,1-2H2,(H,7,8)(H,9,10)(H,11,12)/t8-;/m0./s1. The molecule has 8 N–H and O–H groups in total. The third kappa shape index (κ3) is 6.20. The van der Waals surface area contributed by atoms with Gasteiger partial charge in [0.05, 0.1) is 23.8 Å². The summed E-state index contributed by atoms with van der Waals surface area (Å²) in [5.41, 5.74) is 8.62. The number of rotatable bonds is 6. The number of furan rings is 1. The lowest BCUT2D eigenvalue weighted by atomic mass is 9.96. The van der Waals surface area contributed by atoms with Crippen LogP contribution in [0.3, 0.4) is 0 Å². The molecule has 1 fully saturated rings. The SMILES string of the molecule is Nc1nc(N2CCC[C@H](N)C2)c2oc3cccc(C(F)(F)F)c3c2n1.O=C(O)CC(O)(CC(=O)O)C(=O)O. The van der Waals surface area contributed by atoms with E-state index in [-0.39, 0.29) is 34.1 Å². The highest BCUT2D eigenvalue weighted by Crippen LogP contribution is 2.41. The van der Waals surface area contributed by atoms with E-state index in [1.54, 1.807) is 0 Å². The number of aromatic nitrogens is 2. The largest absolute Gasteiger partial charge is 0.481 e. The number of fused-ring (bicyclic) bond motifs is 3. The summed E-state index contributed by atoms with van der Waals surface area (Å²) in [6.45, 7) is 1.22. The molecule has 1 aromatic carbocycles. The second-order valence-corrected chi connectivity index (χ2v) is 8.69. The van der Waals surface area contributed by atoms with E-state index < -0.39 is 48.1 Å². The van der Waals surface area contributed by atoms with Crippen molar-refractivity contribution in [3.05, 3.63) is 23.8 Å². The summed E-state index contributed by atoms with van der Waals surface area (Å²) in [5.74, 6) is -4.72. The molecule has 0 amide bonds. The van der Waals surface area contributed by atoms with Crippen LogP contribution in [-0.4, -0.2) is 73.0 Å². The number of nitrogens with two attached hydrogens (primary N) is 2. The topological polar surface area (TPSA) is 226 Å². The molecule has 0 radical (unpaired) electrons. The minimum Gasteiger partial charge on any atom is -0.481 e. The molecule has 0 saturated carbocycles. The van der Waals surface area contributed by atoms with Crippen LogP contribution in [0.25, 0.3) is 22.1 Å². The summed E-state index contributed by atoms with van der Waals surface area (Å²) in [5, 5.41) is 33.7. The minimum absolute atomic E-state index is 0.0323. The van der Waals surface area contributed by atoms with Gasteiger partial charge in [-0.3, -0.25) is 9.59 Å². The van der Waals surface area contributed by atoms with Crippen LogP contribution in [-0.2, 0) is 20.6 Å². The smallest absolute Gasteiger partial charge is 0.417 e. The highest BCUT2D eigenvalue weighted by atomic mass is 19.4. The lowest BCUT2D eigenvalue weighted by molar-refractivity contribution is -0.170. The third-order valence-corrected chi connectivity index (χ3v) is 5.69. The van der Waals surface area contributed by atoms with Gasteiger partial charge in [-0.1, -0.05) is 6.07 Å². The van der Waals surface area contributed by atoms with E-state index in [0.717, 1.165) is 18.9 Å². The van der Waals surface area contributed by atoms with Gasteiger partial charge in [0.25, 0.3) is 0 Å². The fourth-order valence-corrected chi connectivity index (χ4v) is 4.06. The monoisotopic (exact) mass is 543 g/mol. The average Bonchev–Trinajstić information content (AvgIpc) is 3.15. The van der Waals surface area contributed by atoms with Gasteiger partial charge in [-0.25, -0.2) is 9.78 Å². The molecule has 1 atom stereocenters. The van der Waals surface area contributed by atoms with Crippen LogP contribution >= 0.6 is 0 Å². The Morgan fingerprint density at radius 3 is 2.26 bits per heavy atom. The van der Waals surface area contributed by atoms with E-state index in [1.807, 2.05) is 4.90 Å². The number of nitrogens with zero attached hydrogens (tertiary/aromatic N) is 3. The molecule has 1 saturated heterocycles. The summed E-state index contributed by atoms with van der Waals surface area (Å²) < 4.78 is 45.9. The maximum Gasteiger partial charge on any atom is 0.417 e. The minimum atomic E-state index is -4.52. The Hall–Kier alpha value is -4.18. The highest BCUT2D eigenvalue weighted by Gasteiger charge is 2.41. The molecule has 206 valence electrons. The van der Waals surface area contributed by atoms with Crippen LogP contribution in [0.1, 0.15) is 31.2 Å². The Kier molecular flexibility index (Phi) is 7.97. The molecule has 3 aromatic rings. The van der Waals surface area contributed by atoms with Gasteiger partial charge in [0.15, 0.2) is 17.0 Å². The van der Waals surface area contributed by atoms with Crippen molar-refractivity contribution in [1.82, 2.24) is 9.97 Å². The number of carbonyl (C=O) groups is 3.